The van der Waals surface area contributed by atoms with Crippen LogP contribution >= 0.6 is 0 Å². The van der Waals surface area contributed by atoms with E-state index in [9.17, 15) is 4.79 Å². The van der Waals surface area contributed by atoms with E-state index in [4.69, 9.17) is 9.26 Å². The zero-order valence-corrected chi connectivity index (χ0v) is 12.1. The Labute approximate surface area is 123 Å². The van der Waals surface area contributed by atoms with Crippen LogP contribution < -0.4 is 10.1 Å². The Kier molecular flexibility index (Phi) is 5.15. The molecule has 110 valence electrons. The number of carbonyl (C=O) groups is 1. The van der Waals surface area contributed by atoms with Gasteiger partial charge in [-0.2, -0.15) is 0 Å². The van der Waals surface area contributed by atoms with Crippen molar-refractivity contribution < 1.29 is 14.1 Å². The fraction of sp³-hybridized carbons (Fsp3) is 0.250. The Hall–Kier alpha value is -2.56. The van der Waals surface area contributed by atoms with Crippen molar-refractivity contribution in [1.29, 1.82) is 0 Å². The summed E-state index contributed by atoms with van der Waals surface area (Å²) in [7, 11) is 0. The number of anilines is 1. The van der Waals surface area contributed by atoms with Crippen LogP contribution in [0.5, 0.6) is 5.75 Å². The predicted octanol–water partition coefficient (Wildman–Crippen LogP) is 3.42. The van der Waals surface area contributed by atoms with Crippen molar-refractivity contribution in [3.63, 3.8) is 0 Å². The van der Waals surface area contributed by atoms with Crippen LogP contribution in [0.25, 0.3) is 6.08 Å². The third-order valence-electron chi connectivity index (χ3n) is 2.67. The maximum atomic E-state index is 11.8. The lowest BCUT2D eigenvalue weighted by molar-refractivity contribution is -0.111. The summed E-state index contributed by atoms with van der Waals surface area (Å²) in [6.07, 6.45) is 4.09. The molecule has 0 atom stereocenters. The lowest BCUT2D eigenvalue weighted by Gasteiger charge is -2.07. The van der Waals surface area contributed by atoms with E-state index in [0.29, 0.717) is 18.2 Å². The minimum atomic E-state index is -0.270. The molecule has 21 heavy (non-hydrogen) atoms. The highest BCUT2D eigenvalue weighted by atomic mass is 16.5. The number of aryl methyl sites for hydroxylation is 1. The number of nitrogens with zero attached hydrogens (tertiary/aromatic N) is 1. The standard InChI is InChI=1S/C16H18N2O3/c1-3-10-20-14-7-5-4-6-13(14)8-9-16(19)17-15-11-12(2)21-18-15/h4-9,11H,3,10H2,1-2H3,(H,17,18,19)/b9-8+. The summed E-state index contributed by atoms with van der Waals surface area (Å²) in [4.78, 5) is 11.8. The number of ether oxygens (including phenoxy) is 1. The summed E-state index contributed by atoms with van der Waals surface area (Å²) in [5, 5.41) is 6.33. The molecular formula is C16H18N2O3. The minimum absolute atomic E-state index is 0.270. The van der Waals surface area contributed by atoms with Gasteiger partial charge in [-0.1, -0.05) is 30.3 Å². The molecule has 1 heterocycles. The van der Waals surface area contributed by atoms with Crippen LogP contribution in [0.1, 0.15) is 24.7 Å². The van der Waals surface area contributed by atoms with Crippen LogP contribution in [0.2, 0.25) is 0 Å². The Morgan fingerprint density at radius 2 is 2.24 bits per heavy atom. The molecule has 0 radical (unpaired) electrons. The van der Waals surface area contributed by atoms with Crippen molar-refractivity contribution in [2.75, 3.05) is 11.9 Å². The molecule has 1 aromatic heterocycles. The van der Waals surface area contributed by atoms with Gasteiger partial charge in [-0.05, 0) is 25.5 Å². The number of hydrogen-bond acceptors (Lipinski definition) is 4. The molecule has 0 saturated carbocycles. The van der Waals surface area contributed by atoms with Crippen LogP contribution in [0.3, 0.4) is 0 Å². The summed E-state index contributed by atoms with van der Waals surface area (Å²) >= 11 is 0. The highest BCUT2D eigenvalue weighted by Crippen LogP contribution is 2.19. The fourth-order valence-corrected chi connectivity index (χ4v) is 1.72. The Bertz CT molecular complexity index is 632. The molecule has 1 amide bonds. The number of nitrogens with one attached hydrogen (secondary N) is 1. The number of benzene rings is 1. The van der Waals surface area contributed by atoms with Gasteiger partial charge in [0.1, 0.15) is 11.5 Å². The number of aromatic nitrogens is 1. The van der Waals surface area contributed by atoms with Gasteiger partial charge in [-0.25, -0.2) is 0 Å². The van der Waals surface area contributed by atoms with E-state index in [1.54, 1.807) is 19.1 Å². The van der Waals surface area contributed by atoms with Gasteiger partial charge in [0, 0.05) is 17.7 Å². The first kappa shape index (κ1) is 14.8. The largest absolute Gasteiger partial charge is 0.493 e. The van der Waals surface area contributed by atoms with Crippen LogP contribution in [-0.4, -0.2) is 17.7 Å². The van der Waals surface area contributed by atoms with Crippen molar-refractivity contribution in [2.45, 2.75) is 20.3 Å². The van der Waals surface area contributed by atoms with Crippen molar-refractivity contribution in [1.82, 2.24) is 5.16 Å². The third kappa shape index (κ3) is 4.49. The zero-order valence-electron chi connectivity index (χ0n) is 12.1. The van der Waals surface area contributed by atoms with E-state index in [2.05, 4.69) is 10.5 Å². The molecule has 5 heteroatoms. The van der Waals surface area contributed by atoms with Gasteiger partial charge in [0.25, 0.3) is 0 Å². The molecule has 0 aliphatic rings. The molecule has 2 rings (SSSR count). The Balaban J connectivity index is 2.01. The minimum Gasteiger partial charge on any atom is -0.493 e. The van der Waals surface area contributed by atoms with Crippen LogP contribution in [-0.2, 0) is 4.79 Å². The average Bonchev–Trinajstić information content (AvgIpc) is 2.89. The van der Waals surface area contributed by atoms with Gasteiger partial charge >= 0.3 is 0 Å². The van der Waals surface area contributed by atoms with E-state index in [0.717, 1.165) is 17.7 Å². The summed E-state index contributed by atoms with van der Waals surface area (Å²) in [6.45, 7) is 4.46. The molecule has 5 nitrogen and oxygen atoms in total. The molecule has 2 aromatic rings. The van der Waals surface area contributed by atoms with E-state index < -0.39 is 0 Å². The summed E-state index contributed by atoms with van der Waals surface area (Å²) < 4.78 is 10.5. The second-order valence-corrected chi connectivity index (χ2v) is 4.53. The molecule has 1 aromatic carbocycles. The first-order valence-electron chi connectivity index (χ1n) is 6.83. The molecule has 0 saturated heterocycles. The maximum absolute atomic E-state index is 11.8. The third-order valence-corrected chi connectivity index (χ3v) is 2.67. The smallest absolute Gasteiger partial charge is 0.249 e. The summed E-state index contributed by atoms with van der Waals surface area (Å²) in [5.41, 5.74) is 0.859. The monoisotopic (exact) mass is 286 g/mol. The Morgan fingerprint density at radius 3 is 2.95 bits per heavy atom. The number of carbonyl (C=O) groups excluding carboxylic acids is 1. The van der Waals surface area contributed by atoms with Crippen molar-refractivity contribution in [3.05, 3.63) is 47.7 Å². The van der Waals surface area contributed by atoms with Gasteiger partial charge < -0.3 is 14.6 Å². The van der Waals surface area contributed by atoms with Gasteiger partial charge in [0.2, 0.25) is 5.91 Å². The zero-order chi connectivity index (χ0) is 15.1. The lowest BCUT2D eigenvalue weighted by Crippen LogP contribution is -2.07. The number of hydrogen-bond donors (Lipinski definition) is 1. The van der Waals surface area contributed by atoms with Crippen LogP contribution in [0, 0.1) is 6.92 Å². The SMILES string of the molecule is CCCOc1ccccc1/C=C/C(=O)Nc1cc(C)on1. The van der Waals surface area contributed by atoms with E-state index >= 15 is 0 Å². The molecule has 1 N–H and O–H groups in total. The van der Waals surface area contributed by atoms with Crippen molar-refractivity contribution >= 4 is 17.8 Å². The van der Waals surface area contributed by atoms with Crippen LogP contribution in [0.15, 0.2) is 40.9 Å². The maximum Gasteiger partial charge on any atom is 0.249 e. The van der Waals surface area contributed by atoms with Gasteiger partial charge in [-0.3, -0.25) is 4.79 Å². The number of amides is 1. The topological polar surface area (TPSA) is 64.4 Å². The Morgan fingerprint density at radius 1 is 1.43 bits per heavy atom. The second kappa shape index (κ2) is 7.28. The quantitative estimate of drug-likeness (QED) is 0.826. The first-order chi connectivity index (χ1) is 10.2. The predicted molar refractivity (Wildman–Crippen MR) is 81.1 cm³/mol. The normalized spacial score (nSPS) is 10.8. The fourth-order valence-electron chi connectivity index (χ4n) is 1.72. The molecule has 0 spiro atoms. The van der Waals surface area contributed by atoms with E-state index in [1.165, 1.54) is 6.08 Å². The molecule has 0 bridgehead atoms. The molecule has 0 aliphatic heterocycles. The van der Waals surface area contributed by atoms with Gasteiger partial charge in [-0.15, -0.1) is 0 Å². The summed E-state index contributed by atoms with van der Waals surface area (Å²) in [5.74, 6) is 1.54. The van der Waals surface area contributed by atoms with Crippen LogP contribution in [0.4, 0.5) is 5.82 Å². The van der Waals surface area contributed by atoms with E-state index in [1.807, 2.05) is 31.2 Å². The highest BCUT2D eigenvalue weighted by molar-refractivity contribution is 6.01. The number of para-hydroxylation sites is 1. The molecule has 0 unspecified atom stereocenters. The molecule has 0 fully saturated rings. The van der Waals surface area contributed by atoms with Gasteiger partial charge in [0.15, 0.2) is 5.82 Å². The number of rotatable bonds is 6. The molecule has 0 aliphatic carbocycles. The van der Waals surface area contributed by atoms with Crippen molar-refractivity contribution in [3.8, 4) is 5.75 Å². The second-order valence-electron chi connectivity index (χ2n) is 4.53. The first-order valence-corrected chi connectivity index (χ1v) is 6.83. The van der Waals surface area contributed by atoms with E-state index in [-0.39, 0.29) is 5.91 Å². The van der Waals surface area contributed by atoms with Gasteiger partial charge in [0.05, 0.1) is 6.61 Å². The van der Waals surface area contributed by atoms with Crippen molar-refractivity contribution in [2.24, 2.45) is 0 Å². The average molecular weight is 286 g/mol. The highest BCUT2D eigenvalue weighted by Gasteiger charge is 2.04. The summed E-state index contributed by atoms with van der Waals surface area (Å²) in [6, 6.07) is 9.24. The molecular weight excluding hydrogens is 268 g/mol. The lowest BCUT2D eigenvalue weighted by atomic mass is 10.2.